The van der Waals surface area contributed by atoms with Gasteiger partial charge in [0, 0.05) is 57.8 Å². The molecule has 12 heteroatoms. The lowest BCUT2D eigenvalue weighted by Crippen LogP contribution is -2.49. The monoisotopic (exact) mass is 675 g/mol. The quantitative estimate of drug-likeness (QED) is 0.0709. The molecule has 1 heterocycles. The van der Waals surface area contributed by atoms with E-state index in [1.54, 1.807) is 48.5 Å². The van der Waals surface area contributed by atoms with Gasteiger partial charge in [0.2, 0.25) is 5.90 Å². The molecule has 5 rings (SSSR count). The van der Waals surface area contributed by atoms with Crippen LogP contribution in [-0.2, 0) is 22.5 Å². The maximum absolute atomic E-state index is 14.5. The predicted molar refractivity (Wildman–Crippen MR) is 168 cm³/mol. The summed E-state index contributed by atoms with van der Waals surface area (Å²) in [4.78, 5) is 22.3. The number of aliphatic hydroxyl groups excluding tert-OH is 1. The topological polar surface area (TPSA) is 129 Å². The fourth-order valence-corrected chi connectivity index (χ4v) is 5.47. The van der Waals surface area contributed by atoms with E-state index in [2.05, 4.69) is 31.3 Å². The standard InChI is InChI=1S/C33H28BrF2N5O4/c34-27-8-3-1-6-22(27)19-33(32(43)38-20-23-18-24(35)12-15-28(23)36)30(26-7-2-4-9-29(26)40-41-37)45-31(39-33)21-10-13-25(14-11-21)44-17-5-16-42/h1-4,6-15,18,30,42H,5,16-17,19-20H2,(H,38,43)/t30-,33-/m1/s1. The first-order valence-electron chi connectivity index (χ1n) is 14.0. The maximum Gasteiger partial charge on any atom is 0.252 e. The minimum atomic E-state index is -1.68. The Kier molecular flexibility index (Phi) is 10.1. The summed E-state index contributed by atoms with van der Waals surface area (Å²) in [6.07, 6.45) is -0.567. The Hall–Kier alpha value is -4.77. The van der Waals surface area contributed by atoms with Crippen LogP contribution in [0, 0.1) is 11.6 Å². The van der Waals surface area contributed by atoms with Gasteiger partial charge in [0.15, 0.2) is 11.6 Å². The summed E-state index contributed by atoms with van der Waals surface area (Å²) in [6.45, 7) is 0.0389. The lowest BCUT2D eigenvalue weighted by molar-refractivity contribution is -0.129. The molecule has 0 saturated carbocycles. The number of carbonyl (C=O) groups excluding carboxylic acids is 1. The van der Waals surface area contributed by atoms with Crippen molar-refractivity contribution in [1.82, 2.24) is 5.32 Å². The number of azide groups is 1. The van der Waals surface area contributed by atoms with Crippen LogP contribution in [0.4, 0.5) is 14.5 Å². The van der Waals surface area contributed by atoms with Crippen LogP contribution < -0.4 is 10.1 Å². The van der Waals surface area contributed by atoms with E-state index < -0.39 is 29.2 Å². The van der Waals surface area contributed by atoms with Crippen molar-refractivity contribution in [3.63, 3.8) is 0 Å². The first kappa shape index (κ1) is 31.6. The van der Waals surface area contributed by atoms with E-state index in [-0.39, 0.29) is 36.7 Å². The third-order valence-corrected chi connectivity index (χ3v) is 8.04. The molecule has 1 amide bonds. The minimum Gasteiger partial charge on any atom is -0.494 e. The van der Waals surface area contributed by atoms with E-state index in [1.165, 1.54) is 0 Å². The first-order chi connectivity index (χ1) is 21.8. The van der Waals surface area contributed by atoms with E-state index in [0.717, 1.165) is 28.2 Å². The minimum absolute atomic E-state index is 0.00890. The van der Waals surface area contributed by atoms with Crippen LogP contribution in [0.2, 0.25) is 0 Å². The van der Waals surface area contributed by atoms with Gasteiger partial charge in [-0.1, -0.05) is 63.5 Å². The highest BCUT2D eigenvalue weighted by atomic mass is 79.9. The number of nitrogens with zero attached hydrogens (tertiary/aromatic N) is 4. The molecule has 2 atom stereocenters. The lowest BCUT2D eigenvalue weighted by atomic mass is 9.81. The average Bonchev–Trinajstić information content (AvgIpc) is 3.43. The number of amides is 1. The summed E-state index contributed by atoms with van der Waals surface area (Å²) < 4.78 is 41.3. The zero-order chi connectivity index (χ0) is 31.8. The smallest absolute Gasteiger partial charge is 0.252 e. The zero-order valence-corrected chi connectivity index (χ0v) is 25.5. The summed E-state index contributed by atoms with van der Waals surface area (Å²) in [5.41, 5.74) is 9.53. The summed E-state index contributed by atoms with van der Waals surface area (Å²) in [7, 11) is 0. The van der Waals surface area contributed by atoms with Crippen molar-refractivity contribution >= 4 is 33.4 Å². The van der Waals surface area contributed by atoms with Crippen molar-refractivity contribution in [2.45, 2.75) is 31.0 Å². The lowest BCUT2D eigenvalue weighted by Gasteiger charge is -2.31. The summed E-state index contributed by atoms with van der Waals surface area (Å²) in [5.74, 6) is -1.20. The summed E-state index contributed by atoms with van der Waals surface area (Å²) in [6, 6.07) is 24.0. The largest absolute Gasteiger partial charge is 0.494 e. The average molecular weight is 677 g/mol. The number of hydrogen-bond acceptors (Lipinski definition) is 6. The van der Waals surface area contributed by atoms with E-state index in [9.17, 15) is 19.1 Å². The van der Waals surface area contributed by atoms with Crippen molar-refractivity contribution in [3.8, 4) is 5.75 Å². The summed E-state index contributed by atoms with van der Waals surface area (Å²) in [5, 5.41) is 15.6. The van der Waals surface area contributed by atoms with Gasteiger partial charge in [0.05, 0.1) is 6.61 Å². The van der Waals surface area contributed by atoms with Crippen LogP contribution in [0.1, 0.15) is 34.8 Å². The predicted octanol–water partition coefficient (Wildman–Crippen LogP) is 7.25. The second-order valence-electron chi connectivity index (χ2n) is 10.2. The van der Waals surface area contributed by atoms with Crippen LogP contribution in [0.3, 0.4) is 0 Å². The third-order valence-electron chi connectivity index (χ3n) is 7.27. The Bertz CT molecular complexity index is 1760. The van der Waals surface area contributed by atoms with E-state index in [4.69, 9.17) is 19.6 Å². The van der Waals surface area contributed by atoms with E-state index >= 15 is 0 Å². The Morgan fingerprint density at radius 3 is 2.58 bits per heavy atom. The molecule has 2 N–H and O–H groups in total. The van der Waals surface area contributed by atoms with Gasteiger partial charge in [-0.3, -0.25) is 4.79 Å². The van der Waals surface area contributed by atoms with Crippen LogP contribution in [-0.4, -0.2) is 35.7 Å². The van der Waals surface area contributed by atoms with Gasteiger partial charge >= 0.3 is 0 Å². The number of halogens is 3. The number of carbonyl (C=O) groups is 1. The number of rotatable bonds is 12. The van der Waals surface area contributed by atoms with E-state index in [1.807, 2.05) is 24.3 Å². The highest BCUT2D eigenvalue weighted by Crippen LogP contribution is 2.46. The van der Waals surface area contributed by atoms with Gasteiger partial charge in [-0.2, -0.15) is 0 Å². The number of hydrogen-bond donors (Lipinski definition) is 2. The Morgan fingerprint density at radius 2 is 1.82 bits per heavy atom. The molecule has 0 bridgehead atoms. The maximum atomic E-state index is 14.5. The molecule has 4 aromatic carbocycles. The number of benzene rings is 4. The van der Waals surface area contributed by atoms with Crippen LogP contribution in [0.25, 0.3) is 10.4 Å². The SMILES string of the molecule is [N-]=[N+]=Nc1ccccc1[C@H]1OC(c2ccc(OCCCO)cc2)=N[C@@]1(Cc1ccccc1Br)C(=O)NCc1cc(F)ccc1F. The molecule has 0 aromatic heterocycles. The van der Waals surface area contributed by atoms with E-state index in [0.29, 0.717) is 29.9 Å². The molecule has 0 radical (unpaired) electrons. The third kappa shape index (κ3) is 7.15. The number of aliphatic imine (C=N–C) groups is 1. The molecule has 0 saturated heterocycles. The molecule has 0 fully saturated rings. The normalized spacial score (nSPS) is 17.2. The fourth-order valence-electron chi connectivity index (χ4n) is 5.05. The molecule has 0 unspecified atom stereocenters. The molecule has 0 spiro atoms. The molecule has 1 aliphatic heterocycles. The zero-order valence-electron chi connectivity index (χ0n) is 23.9. The van der Waals surface area contributed by atoms with Gasteiger partial charge in [0.1, 0.15) is 17.4 Å². The Balaban J connectivity index is 1.62. The van der Waals surface area contributed by atoms with Crippen LogP contribution in [0.15, 0.2) is 106 Å². The van der Waals surface area contributed by atoms with Crippen molar-refractivity contribution in [2.75, 3.05) is 13.2 Å². The fraction of sp³-hybridized carbons (Fsp3) is 0.212. The number of nitrogens with one attached hydrogen (secondary N) is 1. The summed E-state index contributed by atoms with van der Waals surface area (Å²) >= 11 is 3.57. The second kappa shape index (κ2) is 14.3. The first-order valence-corrected chi connectivity index (χ1v) is 14.8. The molecular weight excluding hydrogens is 648 g/mol. The van der Waals surface area contributed by atoms with Gasteiger partial charge in [0.25, 0.3) is 5.91 Å². The number of aliphatic hydroxyl groups is 1. The molecule has 0 aliphatic carbocycles. The molecule has 45 heavy (non-hydrogen) atoms. The van der Waals surface area contributed by atoms with Gasteiger partial charge in [-0.05, 0) is 59.6 Å². The second-order valence-corrected chi connectivity index (χ2v) is 11.1. The molecule has 9 nitrogen and oxygen atoms in total. The Labute approximate surface area is 266 Å². The highest BCUT2D eigenvalue weighted by molar-refractivity contribution is 9.10. The molecule has 1 aliphatic rings. The van der Waals surface area contributed by atoms with Crippen molar-refractivity contribution in [1.29, 1.82) is 0 Å². The van der Waals surface area contributed by atoms with Crippen LogP contribution in [0.5, 0.6) is 5.75 Å². The molecule has 230 valence electrons. The van der Waals surface area contributed by atoms with Gasteiger partial charge in [-0.25, -0.2) is 13.8 Å². The van der Waals surface area contributed by atoms with Gasteiger partial charge < -0.3 is 19.9 Å². The van der Waals surface area contributed by atoms with Crippen molar-refractivity contribution in [2.24, 2.45) is 10.1 Å². The molecular formula is C33H28BrF2N5O4. The molecule has 4 aromatic rings. The van der Waals surface area contributed by atoms with Crippen molar-refractivity contribution in [3.05, 3.63) is 140 Å². The Morgan fingerprint density at radius 1 is 1.07 bits per heavy atom. The highest BCUT2D eigenvalue weighted by Gasteiger charge is 2.54. The van der Waals surface area contributed by atoms with Crippen molar-refractivity contribution < 1.29 is 28.2 Å². The number of ether oxygens (including phenoxy) is 2. The van der Waals surface area contributed by atoms with Crippen LogP contribution >= 0.6 is 15.9 Å². The van der Waals surface area contributed by atoms with Gasteiger partial charge in [-0.15, -0.1) is 0 Å².